The Morgan fingerprint density at radius 2 is 2.18 bits per heavy atom. The molecule has 0 aromatic carbocycles. The number of hydrazine groups is 1. The maximum Gasteiger partial charge on any atom is 0.0871 e. The number of nitrogens with one attached hydrogen (secondary N) is 1. The van der Waals surface area contributed by atoms with Crippen molar-refractivity contribution in [1.29, 1.82) is 0 Å². The predicted molar refractivity (Wildman–Crippen MR) is 69.5 cm³/mol. The van der Waals surface area contributed by atoms with Crippen molar-refractivity contribution in [2.45, 2.75) is 51.2 Å². The van der Waals surface area contributed by atoms with Crippen molar-refractivity contribution in [3.8, 4) is 0 Å². The molecule has 3 N–H and O–H groups in total. The van der Waals surface area contributed by atoms with Gasteiger partial charge in [-0.25, -0.2) is 0 Å². The molecule has 0 aromatic heterocycles. The van der Waals surface area contributed by atoms with E-state index >= 15 is 0 Å². The third-order valence-corrected chi connectivity index (χ3v) is 4.22. The molecule has 0 bridgehead atoms. The quantitative estimate of drug-likeness (QED) is 0.559. The maximum atomic E-state index is 5.94. The smallest absolute Gasteiger partial charge is 0.0871 e. The largest absolute Gasteiger partial charge is 0.374 e. The van der Waals surface area contributed by atoms with Crippen molar-refractivity contribution in [2.24, 2.45) is 11.8 Å². The van der Waals surface area contributed by atoms with Gasteiger partial charge in [-0.1, -0.05) is 19.8 Å². The molecular formula is C13H27N3O. The fourth-order valence-electron chi connectivity index (χ4n) is 3.33. The minimum atomic E-state index is 0.281. The van der Waals surface area contributed by atoms with Crippen LogP contribution in [0.1, 0.15) is 39.0 Å². The van der Waals surface area contributed by atoms with Crippen molar-refractivity contribution < 1.29 is 4.74 Å². The summed E-state index contributed by atoms with van der Waals surface area (Å²) in [7, 11) is 0. The van der Waals surface area contributed by atoms with Crippen molar-refractivity contribution in [3.63, 3.8) is 0 Å². The van der Waals surface area contributed by atoms with E-state index in [1.165, 1.54) is 38.6 Å². The van der Waals surface area contributed by atoms with E-state index in [-0.39, 0.29) is 6.10 Å². The average Bonchev–Trinajstić information content (AvgIpc) is 2.85. The zero-order valence-corrected chi connectivity index (χ0v) is 11.0. The van der Waals surface area contributed by atoms with E-state index in [1.54, 1.807) is 0 Å². The number of morpholine rings is 1. The first-order chi connectivity index (χ1) is 8.35. The molecule has 0 spiro atoms. The standard InChI is InChI=1S/C13H27N3O/c1-2-7-16-8-9-17-12(10-16)13(15-14)11-5-3-4-6-11/h11-13,15H,2-10,14H2,1H3. The van der Waals surface area contributed by atoms with Crippen LogP contribution in [0.25, 0.3) is 0 Å². The fourth-order valence-corrected chi connectivity index (χ4v) is 3.33. The summed E-state index contributed by atoms with van der Waals surface area (Å²) in [4.78, 5) is 2.51. The normalized spacial score (nSPS) is 29.6. The predicted octanol–water partition coefficient (Wildman–Crippen LogP) is 1.12. The first-order valence-corrected chi connectivity index (χ1v) is 7.15. The molecule has 1 saturated carbocycles. The minimum Gasteiger partial charge on any atom is -0.374 e. The number of hydrogen-bond donors (Lipinski definition) is 2. The topological polar surface area (TPSA) is 50.5 Å². The van der Waals surface area contributed by atoms with Crippen LogP contribution in [0.15, 0.2) is 0 Å². The fraction of sp³-hybridized carbons (Fsp3) is 1.00. The van der Waals surface area contributed by atoms with Gasteiger partial charge in [-0.15, -0.1) is 0 Å². The molecule has 100 valence electrons. The summed E-state index contributed by atoms with van der Waals surface area (Å²) >= 11 is 0. The van der Waals surface area contributed by atoms with Crippen molar-refractivity contribution in [3.05, 3.63) is 0 Å². The van der Waals surface area contributed by atoms with Crippen LogP contribution < -0.4 is 11.3 Å². The van der Waals surface area contributed by atoms with Gasteiger partial charge in [0.25, 0.3) is 0 Å². The third-order valence-electron chi connectivity index (χ3n) is 4.22. The molecule has 1 aliphatic heterocycles. The van der Waals surface area contributed by atoms with Crippen molar-refractivity contribution in [2.75, 3.05) is 26.2 Å². The van der Waals surface area contributed by atoms with Gasteiger partial charge in [0.15, 0.2) is 0 Å². The van der Waals surface area contributed by atoms with Gasteiger partial charge in [-0.05, 0) is 31.7 Å². The lowest BCUT2D eigenvalue weighted by atomic mass is 9.93. The zero-order chi connectivity index (χ0) is 12.1. The molecular weight excluding hydrogens is 214 g/mol. The Morgan fingerprint density at radius 3 is 2.82 bits per heavy atom. The number of hydrogen-bond acceptors (Lipinski definition) is 4. The van der Waals surface area contributed by atoms with E-state index in [0.29, 0.717) is 12.0 Å². The first-order valence-electron chi connectivity index (χ1n) is 7.15. The molecule has 1 heterocycles. The minimum absolute atomic E-state index is 0.281. The summed E-state index contributed by atoms with van der Waals surface area (Å²) in [5.41, 5.74) is 3.02. The molecule has 2 fully saturated rings. The van der Waals surface area contributed by atoms with E-state index < -0.39 is 0 Å². The average molecular weight is 241 g/mol. The number of nitrogens with zero attached hydrogens (tertiary/aromatic N) is 1. The van der Waals surface area contributed by atoms with Crippen molar-refractivity contribution in [1.82, 2.24) is 10.3 Å². The van der Waals surface area contributed by atoms with Crippen LogP contribution in [0, 0.1) is 5.92 Å². The van der Waals surface area contributed by atoms with Gasteiger partial charge < -0.3 is 4.74 Å². The number of ether oxygens (including phenoxy) is 1. The molecule has 1 aliphatic carbocycles. The highest BCUT2D eigenvalue weighted by atomic mass is 16.5. The van der Waals surface area contributed by atoms with E-state index in [9.17, 15) is 0 Å². The zero-order valence-electron chi connectivity index (χ0n) is 11.0. The number of nitrogens with two attached hydrogens (primary N) is 1. The third kappa shape index (κ3) is 3.41. The lowest BCUT2D eigenvalue weighted by Crippen LogP contribution is -2.56. The van der Waals surface area contributed by atoms with Gasteiger partial charge in [0.1, 0.15) is 0 Å². The van der Waals surface area contributed by atoms with E-state index in [2.05, 4.69) is 17.2 Å². The van der Waals surface area contributed by atoms with Crippen LogP contribution >= 0.6 is 0 Å². The molecule has 2 rings (SSSR count). The molecule has 1 saturated heterocycles. The molecule has 2 aliphatic rings. The summed E-state index contributed by atoms with van der Waals surface area (Å²) in [5.74, 6) is 6.47. The highest BCUT2D eigenvalue weighted by Gasteiger charge is 2.34. The van der Waals surface area contributed by atoms with Crippen LogP contribution in [0.4, 0.5) is 0 Å². The molecule has 0 radical (unpaired) electrons. The van der Waals surface area contributed by atoms with Crippen LogP contribution in [0.3, 0.4) is 0 Å². The summed E-state index contributed by atoms with van der Waals surface area (Å²) in [6, 6.07) is 0.345. The van der Waals surface area contributed by atoms with E-state index in [1.807, 2.05) is 0 Å². The molecule has 2 unspecified atom stereocenters. The molecule has 0 amide bonds. The molecule has 2 atom stereocenters. The Labute approximate surface area is 105 Å². The van der Waals surface area contributed by atoms with Crippen LogP contribution in [-0.2, 0) is 4.74 Å². The lowest BCUT2D eigenvalue weighted by molar-refractivity contribution is -0.0560. The highest BCUT2D eigenvalue weighted by Crippen LogP contribution is 2.30. The van der Waals surface area contributed by atoms with Gasteiger partial charge in [0, 0.05) is 13.1 Å². The first kappa shape index (κ1) is 13.3. The van der Waals surface area contributed by atoms with E-state index in [0.717, 1.165) is 19.7 Å². The Hall–Kier alpha value is -0.160. The lowest BCUT2D eigenvalue weighted by Gasteiger charge is -2.38. The second-order valence-corrected chi connectivity index (χ2v) is 5.45. The highest BCUT2D eigenvalue weighted by molar-refractivity contribution is 4.88. The second-order valence-electron chi connectivity index (χ2n) is 5.45. The SMILES string of the molecule is CCCN1CCOC(C(NN)C2CCCC2)C1. The van der Waals surface area contributed by atoms with Gasteiger partial charge >= 0.3 is 0 Å². The Morgan fingerprint density at radius 1 is 1.41 bits per heavy atom. The van der Waals surface area contributed by atoms with Gasteiger partial charge in [0.05, 0.1) is 18.8 Å². The monoisotopic (exact) mass is 241 g/mol. The maximum absolute atomic E-state index is 5.94. The van der Waals surface area contributed by atoms with E-state index in [4.69, 9.17) is 10.6 Å². The summed E-state index contributed by atoms with van der Waals surface area (Å²) in [6.07, 6.45) is 6.83. The Bertz CT molecular complexity index is 217. The Kier molecular flexibility index (Phi) is 5.22. The summed E-state index contributed by atoms with van der Waals surface area (Å²) in [6.45, 7) is 6.39. The molecule has 4 heteroatoms. The van der Waals surface area contributed by atoms with Crippen LogP contribution in [0.2, 0.25) is 0 Å². The second kappa shape index (κ2) is 6.69. The van der Waals surface area contributed by atoms with Crippen LogP contribution in [-0.4, -0.2) is 43.3 Å². The van der Waals surface area contributed by atoms with Gasteiger partial charge in [0.2, 0.25) is 0 Å². The molecule has 0 aromatic rings. The van der Waals surface area contributed by atoms with Crippen molar-refractivity contribution >= 4 is 0 Å². The summed E-state index contributed by atoms with van der Waals surface area (Å²) in [5, 5.41) is 0. The van der Waals surface area contributed by atoms with Crippen LogP contribution in [0.5, 0.6) is 0 Å². The molecule has 4 nitrogen and oxygen atoms in total. The number of rotatable bonds is 5. The molecule has 17 heavy (non-hydrogen) atoms. The Balaban J connectivity index is 1.89. The van der Waals surface area contributed by atoms with Gasteiger partial charge in [-0.3, -0.25) is 16.2 Å². The van der Waals surface area contributed by atoms with Gasteiger partial charge in [-0.2, -0.15) is 0 Å². The summed E-state index contributed by atoms with van der Waals surface area (Å²) < 4.78 is 5.94.